The van der Waals surface area contributed by atoms with E-state index < -0.39 is 5.97 Å². The molecule has 1 unspecified atom stereocenters. The molecule has 2 rings (SSSR count). The third-order valence-corrected chi connectivity index (χ3v) is 3.29. The van der Waals surface area contributed by atoms with Gasteiger partial charge in [0.1, 0.15) is 5.56 Å². The lowest BCUT2D eigenvalue weighted by molar-refractivity contribution is 0.0695. The number of aromatic carboxylic acids is 1. The molecule has 1 aromatic heterocycles. The molecule has 106 valence electrons. The lowest BCUT2D eigenvalue weighted by Gasteiger charge is -2.14. The summed E-state index contributed by atoms with van der Waals surface area (Å²) in [6.45, 7) is 2.58. The highest BCUT2D eigenvalue weighted by molar-refractivity contribution is 5.88. The van der Waals surface area contributed by atoms with Gasteiger partial charge in [-0.15, -0.1) is 0 Å². The van der Waals surface area contributed by atoms with Gasteiger partial charge in [0.15, 0.2) is 0 Å². The van der Waals surface area contributed by atoms with Crippen molar-refractivity contribution in [1.29, 1.82) is 0 Å². The highest BCUT2D eigenvalue weighted by Crippen LogP contribution is 2.08. The van der Waals surface area contributed by atoms with Crippen LogP contribution in [0.4, 0.5) is 0 Å². The first-order valence-electron chi connectivity index (χ1n) is 6.59. The van der Waals surface area contributed by atoms with Gasteiger partial charge in [-0.25, -0.2) is 4.79 Å². The summed E-state index contributed by atoms with van der Waals surface area (Å²) < 4.78 is 1.60. The van der Waals surface area contributed by atoms with Crippen molar-refractivity contribution in [2.24, 2.45) is 7.05 Å². The topological polar surface area (TPSA) is 67.2 Å². The van der Waals surface area contributed by atoms with Crippen molar-refractivity contribution in [2.75, 3.05) is 0 Å². The van der Waals surface area contributed by atoms with Crippen LogP contribution in [0, 0.1) is 0 Å². The van der Waals surface area contributed by atoms with Gasteiger partial charge in [-0.3, -0.25) is 4.68 Å². The van der Waals surface area contributed by atoms with Gasteiger partial charge in [0.25, 0.3) is 0 Å². The van der Waals surface area contributed by atoms with Crippen molar-refractivity contribution >= 4 is 5.97 Å². The zero-order valence-electron chi connectivity index (χ0n) is 11.7. The molecule has 5 heteroatoms. The molecule has 5 nitrogen and oxygen atoms in total. The lowest BCUT2D eigenvalue weighted by Crippen LogP contribution is -2.29. The number of hydrogen-bond acceptors (Lipinski definition) is 3. The maximum atomic E-state index is 11.1. The molecule has 0 spiro atoms. The number of nitrogens with zero attached hydrogens (tertiary/aromatic N) is 2. The molecule has 0 amide bonds. The molecule has 1 aromatic carbocycles. The molecule has 0 saturated carbocycles. The number of hydrogen-bond donors (Lipinski definition) is 2. The van der Waals surface area contributed by atoms with Gasteiger partial charge >= 0.3 is 5.97 Å². The minimum Gasteiger partial charge on any atom is -0.478 e. The number of carbonyl (C=O) groups is 1. The number of carboxylic acids is 1. The Morgan fingerprint density at radius 2 is 2.10 bits per heavy atom. The summed E-state index contributed by atoms with van der Waals surface area (Å²) in [7, 11) is 1.76. The lowest BCUT2D eigenvalue weighted by atomic mass is 10.1. The van der Waals surface area contributed by atoms with E-state index in [4.69, 9.17) is 5.11 Å². The van der Waals surface area contributed by atoms with Crippen LogP contribution < -0.4 is 5.32 Å². The molecule has 1 atom stereocenters. The Bertz CT molecular complexity index is 578. The van der Waals surface area contributed by atoms with Gasteiger partial charge in [0, 0.05) is 19.6 Å². The number of benzene rings is 1. The summed E-state index contributed by atoms with van der Waals surface area (Å²) >= 11 is 0. The smallest absolute Gasteiger partial charge is 0.339 e. The average Bonchev–Trinajstić information content (AvgIpc) is 2.79. The molecule has 1 heterocycles. The predicted molar refractivity (Wildman–Crippen MR) is 76.6 cm³/mol. The fourth-order valence-electron chi connectivity index (χ4n) is 2.16. The van der Waals surface area contributed by atoms with Crippen LogP contribution in [0.3, 0.4) is 0 Å². The van der Waals surface area contributed by atoms with Crippen molar-refractivity contribution in [2.45, 2.75) is 25.9 Å². The van der Waals surface area contributed by atoms with Gasteiger partial charge in [0.2, 0.25) is 0 Å². The Labute approximate surface area is 118 Å². The first kappa shape index (κ1) is 14.3. The molecule has 0 aliphatic rings. The number of aromatic nitrogens is 2. The van der Waals surface area contributed by atoms with Crippen LogP contribution in [0.5, 0.6) is 0 Å². The Hall–Kier alpha value is -2.14. The molecule has 0 radical (unpaired) electrons. The Morgan fingerprint density at radius 3 is 2.75 bits per heavy atom. The zero-order chi connectivity index (χ0) is 14.5. The largest absolute Gasteiger partial charge is 0.478 e. The van der Waals surface area contributed by atoms with Gasteiger partial charge < -0.3 is 10.4 Å². The van der Waals surface area contributed by atoms with Gasteiger partial charge in [-0.2, -0.15) is 5.10 Å². The molecule has 0 saturated heterocycles. The quantitative estimate of drug-likeness (QED) is 0.842. The molecular weight excluding hydrogens is 254 g/mol. The van der Waals surface area contributed by atoms with E-state index in [1.54, 1.807) is 11.7 Å². The fraction of sp³-hybridized carbons (Fsp3) is 0.333. The van der Waals surface area contributed by atoms with Gasteiger partial charge in [-0.05, 0) is 18.9 Å². The van der Waals surface area contributed by atoms with E-state index in [1.807, 2.05) is 18.2 Å². The number of nitrogens with one attached hydrogen (secondary N) is 1. The predicted octanol–water partition coefficient (Wildman–Crippen LogP) is 1.84. The maximum Gasteiger partial charge on any atom is 0.339 e. The van der Waals surface area contributed by atoms with E-state index >= 15 is 0 Å². The minimum absolute atomic E-state index is 0.256. The monoisotopic (exact) mass is 273 g/mol. The summed E-state index contributed by atoms with van der Waals surface area (Å²) in [5.74, 6) is -0.939. The van der Waals surface area contributed by atoms with Gasteiger partial charge in [0.05, 0.1) is 11.9 Å². The Kier molecular flexibility index (Phi) is 4.53. The summed E-state index contributed by atoms with van der Waals surface area (Å²) in [5, 5.41) is 16.4. The highest BCUT2D eigenvalue weighted by atomic mass is 16.4. The van der Waals surface area contributed by atoms with E-state index in [0.29, 0.717) is 12.2 Å². The summed E-state index contributed by atoms with van der Waals surface area (Å²) in [6.07, 6.45) is 2.29. The molecule has 0 fully saturated rings. The second-order valence-electron chi connectivity index (χ2n) is 4.91. The van der Waals surface area contributed by atoms with E-state index in [2.05, 4.69) is 29.5 Å². The molecule has 20 heavy (non-hydrogen) atoms. The van der Waals surface area contributed by atoms with E-state index in [-0.39, 0.29) is 11.6 Å². The van der Waals surface area contributed by atoms with Crippen LogP contribution in [0.15, 0.2) is 36.5 Å². The molecule has 0 bridgehead atoms. The number of rotatable bonds is 6. The molecule has 0 aliphatic carbocycles. The number of aryl methyl sites for hydroxylation is 1. The summed E-state index contributed by atoms with van der Waals surface area (Å²) in [5.41, 5.74) is 2.21. The normalized spacial score (nSPS) is 12.3. The van der Waals surface area contributed by atoms with E-state index in [1.165, 1.54) is 11.8 Å². The molecule has 2 aromatic rings. The van der Waals surface area contributed by atoms with E-state index in [9.17, 15) is 4.79 Å². The van der Waals surface area contributed by atoms with Crippen LogP contribution in [0.1, 0.15) is 28.5 Å². The average molecular weight is 273 g/mol. The highest BCUT2D eigenvalue weighted by Gasteiger charge is 2.15. The minimum atomic E-state index is -0.939. The van der Waals surface area contributed by atoms with Crippen LogP contribution in [0.25, 0.3) is 0 Å². The first-order chi connectivity index (χ1) is 9.58. The molecule has 2 N–H and O–H groups in total. The second-order valence-corrected chi connectivity index (χ2v) is 4.91. The van der Waals surface area contributed by atoms with Crippen molar-refractivity contribution < 1.29 is 9.90 Å². The maximum absolute atomic E-state index is 11.1. The SMILES string of the molecule is CC(Cc1ccccc1)NCc1c(C(=O)O)cnn1C. The van der Waals surface area contributed by atoms with Crippen LogP contribution >= 0.6 is 0 Å². The van der Waals surface area contributed by atoms with Crippen LogP contribution in [0.2, 0.25) is 0 Å². The Balaban J connectivity index is 1.95. The second kappa shape index (κ2) is 6.34. The van der Waals surface area contributed by atoms with Gasteiger partial charge in [-0.1, -0.05) is 30.3 Å². The van der Waals surface area contributed by atoms with Crippen LogP contribution in [-0.4, -0.2) is 26.9 Å². The third kappa shape index (κ3) is 3.45. The molecule has 0 aliphatic heterocycles. The standard InChI is InChI=1S/C15H19N3O2/c1-11(8-12-6-4-3-5-7-12)16-10-14-13(15(19)20)9-17-18(14)2/h3-7,9,11,16H,8,10H2,1-2H3,(H,19,20). The third-order valence-electron chi connectivity index (χ3n) is 3.29. The van der Waals surface area contributed by atoms with Crippen molar-refractivity contribution in [3.8, 4) is 0 Å². The summed E-state index contributed by atoms with van der Waals surface area (Å²) in [4.78, 5) is 11.1. The fourth-order valence-corrected chi connectivity index (χ4v) is 2.16. The number of carboxylic acid groups (broad SMARTS) is 1. The Morgan fingerprint density at radius 1 is 1.40 bits per heavy atom. The van der Waals surface area contributed by atoms with Crippen molar-refractivity contribution in [3.63, 3.8) is 0 Å². The van der Waals surface area contributed by atoms with Crippen LogP contribution in [-0.2, 0) is 20.0 Å². The van der Waals surface area contributed by atoms with Crippen molar-refractivity contribution in [1.82, 2.24) is 15.1 Å². The zero-order valence-corrected chi connectivity index (χ0v) is 11.7. The first-order valence-corrected chi connectivity index (χ1v) is 6.59. The summed E-state index contributed by atoms with van der Waals surface area (Å²) in [6, 6.07) is 10.5. The van der Waals surface area contributed by atoms with Crippen molar-refractivity contribution in [3.05, 3.63) is 53.3 Å². The van der Waals surface area contributed by atoms with E-state index in [0.717, 1.165) is 6.42 Å². The molecular formula is C15H19N3O2.